The molecule has 1 N–H and O–H groups in total. The number of ether oxygens (including phenoxy) is 2. The molecule has 0 aliphatic heterocycles. The number of hydrogen-bond acceptors (Lipinski definition) is 3. The molecule has 106 valence electrons. The predicted molar refractivity (Wildman–Crippen MR) is 82.5 cm³/mol. The molecule has 2 rings (SSSR count). The van der Waals surface area contributed by atoms with Crippen molar-refractivity contribution in [3.05, 3.63) is 47.5 Å². The molecule has 0 amide bonds. The Balaban J connectivity index is 2.44. The average molecular weight is 271 g/mol. The minimum absolute atomic E-state index is 0.784. The molecule has 3 heteroatoms. The molecule has 0 aliphatic carbocycles. The first-order valence-corrected chi connectivity index (χ1v) is 6.66. The van der Waals surface area contributed by atoms with E-state index in [0.717, 1.165) is 23.6 Å². The fourth-order valence-corrected chi connectivity index (χ4v) is 2.36. The van der Waals surface area contributed by atoms with Gasteiger partial charge in [-0.15, -0.1) is 0 Å². The number of nitrogens with one attached hydrogen (secondary N) is 1. The van der Waals surface area contributed by atoms with Gasteiger partial charge < -0.3 is 14.8 Å². The summed E-state index contributed by atoms with van der Waals surface area (Å²) in [5.41, 5.74) is 4.76. The highest BCUT2D eigenvalue weighted by Crippen LogP contribution is 2.30. The molecule has 2 aromatic rings. The molecular weight excluding hydrogens is 250 g/mol. The minimum atomic E-state index is 0.784. The van der Waals surface area contributed by atoms with Crippen LogP contribution >= 0.6 is 0 Å². The van der Waals surface area contributed by atoms with Crippen molar-refractivity contribution in [3.8, 4) is 22.6 Å². The van der Waals surface area contributed by atoms with Crippen molar-refractivity contribution < 1.29 is 9.47 Å². The second-order valence-corrected chi connectivity index (χ2v) is 4.74. The van der Waals surface area contributed by atoms with Crippen LogP contribution in [0.15, 0.2) is 36.4 Å². The maximum Gasteiger partial charge on any atom is 0.123 e. The third-order valence-electron chi connectivity index (χ3n) is 3.39. The van der Waals surface area contributed by atoms with Crippen LogP contribution in [-0.2, 0) is 6.54 Å². The zero-order chi connectivity index (χ0) is 14.5. The summed E-state index contributed by atoms with van der Waals surface area (Å²) in [4.78, 5) is 0. The highest BCUT2D eigenvalue weighted by molar-refractivity contribution is 5.69. The van der Waals surface area contributed by atoms with Gasteiger partial charge in [0.2, 0.25) is 0 Å². The van der Waals surface area contributed by atoms with Crippen molar-refractivity contribution in [1.82, 2.24) is 5.32 Å². The fraction of sp³-hybridized carbons (Fsp3) is 0.294. The van der Waals surface area contributed by atoms with E-state index in [9.17, 15) is 0 Å². The number of benzene rings is 2. The first-order chi connectivity index (χ1) is 9.69. The van der Waals surface area contributed by atoms with E-state index in [1.54, 1.807) is 14.2 Å². The zero-order valence-electron chi connectivity index (χ0n) is 12.5. The number of aryl methyl sites for hydroxylation is 1. The molecule has 0 saturated carbocycles. The van der Waals surface area contributed by atoms with Gasteiger partial charge in [0.25, 0.3) is 0 Å². The molecule has 0 aromatic heterocycles. The van der Waals surface area contributed by atoms with Gasteiger partial charge in [-0.25, -0.2) is 0 Å². The SMILES string of the molecule is CNCc1cc(-c2ccc(OC)cc2C)ccc1OC. The highest BCUT2D eigenvalue weighted by atomic mass is 16.5. The van der Waals surface area contributed by atoms with E-state index >= 15 is 0 Å². The molecule has 0 heterocycles. The number of rotatable bonds is 5. The molecule has 20 heavy (non-hydrogen) atoms. The quantitative estimate of drug-likeness (QED) is 0.904. The van der Waals surface area contributed by atoms with Gasteiger partial charge >= 0.3 is 0 Å². The maximum atomic E-state index is 5.40. The molecule has 0 saturated heterocycles. The van der Waals surface area contributed by atoms with Gasteiger partial charge in [-0.1, -0.05) is 12.1 Å². The van der Waals surface area contributed by atoms with Crippen LogP contribution in [0.1, 0.15) is 11.1 Å². The Bertz CT molecular complexity index is 594. The molecule has 3 nitrogen and oxygen atoms in total. The normalized spacial score (nSPS) is 10.4. The predicted octanol–water partition coefficient (Wildman–Crippen LogP) is 3.40. The standard InChI is InChI=1S/C17H21NO2/c1-12-9-15(19-3)6-7-16(12)13-5-8-17(20-4)14(10-13)11-18-2/h5-10,18H,11H2,1-4H3. The Morgan fingerprint density at radius 1 is 1.00 bits per heavy atom. The summed E-state index contributed by atoms with van der Waals surface area (Å²) < 4.78 is 10.7. The van der Waals surface area contributed by atoms with Crippen LogP contribution in [0.3, 0.4) is 0 Å². The Labute approximate surface area is 120 Å². The molecule has 0 unspecified atom stereocenters. The lowest BCUT2D eigenvalue weighted by molar-refractivity contribution is 0.408. The highest BCUT2D eigenvalue weighted by Gasteiger charge is 2.08. The minimum Gasteiger partial charge on any atom is -0.497 e. The first kappa shape index (κ1) is 14.4. The topological polar surface area (TPSA) is 30.5 Å². The van der Waals surface area contributed by atoms with Crippen molar-refractivity contribution in [2.75, 3.05) is 21.3 Å². The molecule has 2 aromatic carbocycles. The molecule has 0 spiro atoms. The van der Waals surface area contributed by atoms with Gasteiger partial charge in [-0.2, -0.15) is 0 Å². The van der Waals surface area contributed by atoms with Gasteiger partial charge in [0, 0.05) is 12.1 Å². The van der Waals surface area contributed by atoms with Crippen LogP contribution in [0.4, 0.5) is 0 Å². The van der Waals surface area contributed by atoms with Gasteiger partial charge in [0.1, 0.15) is 11.5 Å². The maximum absolute atomic E-state index is 5.40. The van der Waals surface area contributed by atoms with Crippen LogP contribution in [0.25, 0.3) is 11.1 Å². The lowest BCUT2D eigenvalue weighted by atomic mass is 9.98. The Morgan fingerprint density at radius 2 is 1.80 bits per heavy atom. The van der Waals surface area contributed by atoms with Crippen LogP contribution in [0, 0.1) is 6.92 Å². The monoisotopic (exact) mass is 271 g/mol. The second-order valence-electron chi connectivity index (χ2n) is 4.74. The molecule has 0 radical (unpaired) electrons. The smallest absolute Gasteiger partial charge is 0.123 e. The number of hydrogen-bond donors (Lipinski definition) is 1. The third kappa shape index (κ3) is 2.94. The summed E-state index contributed by atoms with van der Waals surface area (Å²) in [6, 6.07) is 12.4. The van der Waals surface area contributed by atoms with Crippen molar-refractivity contribution in [2.45, 2.75) is 13.5 Å². The van der Waals surface area contributed by atoms with Gasteiger partial charge in [-0.05, 0) is 54.9 Å². The van der Waals surface area contributed by atoms with Crippen molar-refractivity contribution >= 4 is 0 Å². The van der Waals surface area contributed by atoms with E-state index < -0.39 is 0 Å². The van der Waals surface area contributed by atoms with Gasteiger partial charge in [0.05, 0.1) is 14.2 Å². The second kappa shape index (κ2) is 6.44. The third-order valence-corrected chi connectivity index (χ3v) is 3.39. The zero-order valence-corrected chi connectivity index (χ0v) is 12.5. The van der Waals surface area contributed by atoms with Crippen LogP contribution in [0.2, 0.25) is 0 Å². The van der Waals surface area contributed by atoms with E-state index in [4.69, 9.17) is 9.47 Å². The molecular formula is C17H21NO2. The molecule has 0 fully saturated rings. The van der Waals surface area contributed by atoms with Gasteiger partial charge in [-0.3, -0.25) is 0 Å². The summed E-state index contributed by atoms with van der Waals surface area (Å²) in [7, 11) is 5.32. The summed E-state index contributed by atoms with van der Waals surface area (Å²) >= 11 is 0. The Morgan fingerprint density at radius 3 is 2.40 bits per heavy atom. The summed E-state index contributed by atoms with van der Waals surface area (Å²) in [5.74, 6) is 1.80. The van der Waals surface area contributed by atoms with E-state index in [1.165, 1.54) is 16.7 Å². The van der Waals surface area contributed by atoms with E-state index in [0.29, 0.717) is 0 Å². The lowest BCUT2D eigenvalue weighted by Crippen LogP contribution is -2.06. The van der Waals surface area contributed by atoms with Crippen LogP contribution in [-0.4, -0.2) is 21.3 Å². The summed E-state index contributed by atoms with van der Waals surface area (Å²) in [6.07, 6.45) is 0. The van der Waals surface area contributed by atoms with Gasteiger partial charge in [0.15, 0.2) is 0 Å². The van der Waals surface area contributed by atoms with E-state index in [1.807, 2.05) is 19.2 Å². The molecule has 0 atom stereocenters. The number of methoxy groups -OCH3 is 2. The average Bonchev–Trinajstić information content (AvgIpc) is 2.47. The summed E-state index contributed by atoms with van der Waals surface area (Å²) in [5, 5.41) is 3.17. The first-order valence-electron chi connectivity index (χ1n) is 6.66. The van der Waals surface area contributed by atoms with Crippen LogP contribution in [0.5, 0.6) is 11.5 Å². The Kier molecular flexibility index (Phi) is 4.64. The van der Waals surface area contributed by atoms with Crippen molar-refractivity contribution in [1.29, 1.82) is 0 Å². The van der Waals surface area contributed by atoms with E-state index in [2.05, 4.69) is 36.5 Å². The Hall–Kier alpha value is -2.00. The molecule has 0 bridgehead atoms. The molecule has 0 aliphatic rings. The largest absolute Gasteiger partial charge is 0.497 e. The van der Waals surface area contributed by atoms with Crippen LogP contribution < -0.4 is 14.8 Å². The van der Waals surface area contributed by atoms with Crippen molar-refractivity contribution in [3.63, 3.8) is 0 Å². The lowest BCUT2D eigenvalue weighted by Gasteiger charge is -2.13. The van der Waals surface area contributed by atoms with Crippen molar-refractivity contribution in [2.24, 2.45) is 0 Å². The van der Waals surface area contributed by atoms with E-state index in [-0.39, 0.29) is 0 Å². The summed E-state index contributed by atoms with van der Waals surface area (Å²) in [6.45, 7) is 2.88. The fourth-order valence-electron chi connectivity index (χ4n) is 2.36.